The topological polar surface area (TPSA) is 45.6 Å². The number of nitrogens with zero attached hydrogens (tertiary/aromatic N) is 1. The van der Waals surface area contributed by atoms with Crippen LogP contribution in [0.2, 0.25) is 0 Å². The smallest absolute Gasteiger partial charge is 0.138 e. The van der Waals surface area contributed by atoms with Crippen molar-refractivity contribution in [2.24, 2.45) is 10.9 Å². The Morgan fingerprint density at radius 2 is 1.89 bits per heavy atom. The molecule has 1 fully saturated rings. The first-order valence-electron chi connectivity index (χ1n) is 13.2. The lowest BCUT2D eigenvalue weighted by atomic mass is 10.1. The van der Waals surface area contributed by atoms with Crippen LogP contribution in [0.5, 0.6) is 5.75 Å². The van der Waals surface area contributed by atoms with Gasteiger partial charge in [0.2, 0.25) is 0 Å². The first kappa shape index (κ1) is 27.7. The van der Waals surface area contributed by atoms with Crippen molar-refractivity contribution in [2.45, 2.75) is 84.4 Å². The van der Waals surface area contributed by atoms with Crippen LogP contribution in [0, 0.1) is 11.7 Å². The molecule has 0 saturated heterocycles. The second-order valence-corrected chi connectivity index (χ2v) is 10.3. The van der Waals surface area contributed by atoms with Crippen molar-refractivity contribution in [2.75, 3.05) is 17.2 Å². The SMILES string of the molecule is C=C(Nc1ccc(NCCC(C)(C)F)cc1)c1c(F)cc(OC(CCC)CCC2CC2)cc1N=CC. The second kappa shape index (κ2) is 12.9. The third-order valence-electron chi connectivity index (χ3n) is 6.35. The molecule has 3 rings (SSSR count). The van der Waals surface area contributed by atoms with Gasteiger partial charge in [0.25, 0.3) is 0 Å². The molecular formula is C30H41F2N3O. The number of halogens is 2. The third-order valence-corrected chi connectivity index (χ3v) is 6.35. The molecule has 196 valence electrons. The van der Waals surface area contributed by atoms with E-state index in [0.29, 0.717) is 35.7 Å². The third kappa shape index (κ3) is 8.96. The van der Waals surface area contributed by atoms with E-state index in [2.05, 4.69) is 29.1 Å². The maximum Gasteiger partial charge on any atom is 0.138 e. The molecule has 1 atom stereocenters. The summed E-state index contributed by atoms with van der Waals surface area (Å²) in [6.07, 6.45) is 8.95. The zero-order valence-corrected chi connectivity index (χ0v) is 22.2. The van der Waals surface area contributed by atoms with Crippen LogP contribution in [0.3, 0.4) is 0 Å². The molecule has 2 N–H and O–H groups in total. The number of nitrogens with one attached hydrogen (secondary N) is 2. The fourth-order valence-electron chi connectivity index (χ4n) is 4.19. The molecule has 36 heavy (non-hydrogen) atoms. The van der Waals surface area contributed by atoms with Crippen LogP contribution in [0.1, 0.15) is 78.2 Å². The van der Waals surface area contributed by atoms with Gasteiger partial charge >= 0.3 is 0 Å². The van der Waals surface area contributed by atoms with Gasteiger partial charge in [0.1, 0.15) is 17.2 Å². The molecule has 0 bridgehead atoms. The van der Waals surface area contributed by atoms with Crippen LogP contribution < -0.4 is 15.4 Å². The Morgan fingerprint density at radius 3 is 2.50 bits per heavy atom. The highest BCUT2D eigenvalue weighted by molar-refractivity contribution is 5.83. The van der Waals surface area contributed by atoms with E-state index in [1.807, 2.05) is 24.3 Å². The summed E-state index contributed by atoms with van der Waals surface area (Å²) < 4.78 is 35.2. The summed E-state index contributed by atoms with van der Waals surface area (Å²) in [5.74, 6) is 0.926. The minimum Gasteiger partial charge on any atom is -0.490 e. The van der Waals surface area contributed by atoms with Crippen molar-refractivity contribution in [3.8, 4) is 5.75 Å². The molecule has 2 aromatic rings. The Bertz CT molecular complexity index is 1020. The molecule has 0 aromatic heterocycles. The average Bonchev–Trinajstić information content (AvgIpc) is 3.62. The van der Waals surface area contributed by atoms with Crippen LogP contribution >= 0.6 is 0 Å². The van der Waals surface area contributed by atoms with Gasteiger partial charge < -0.3 is 15.4 Å². The Labute approximate surface area is 215 Å². The maximum absolute atomic E-state index is 15.4. The van der Waals surface area contributed by atoms with Crippen molar-refractivity contribution in [1.29, 1.82) is 0 Å². The van der Waals surface area contributed by atoms with Crippen molar-refractivity contribution in [3.63, 3.8) is 0 Å². The highest BCUT2D eigenvalue weighted by atomic mass is 19.1. The number of benzene rings is 2. The van der Waals surface area contributed by atoms with Crippen LogP contribution in [-0.4, -0.2) is 24.5 Å². The number of hydrogen-bond donors (Lipinski definition) is 2. The number of rotatable bonds is 15. The number of alkyl halides is 1. The van der Waals surface area contributed by atoms with Crippen LogP contribution in [0.15, 0.2) is 48.0 Å². The summed E-state index contributed by atoms with van der Waals surface area (Å²) in [6.45, 7) is 11.7. The molecule has 2 aromatic carbocycles. The van der Waals surface area contributed by atoms with E-state index >= 15 is 4.39 Å². The Morgan fingerprint density at radius 1 is 1.19 bits per heavy atom. The first-order valence-corrected chi connectivity index (χ1v) is 13.2. The lowest BCUT2D eigenvalue weighted by molar-refractivity contribution is 0.174. The van der Waals surface area contributed by atoms with E-state index < -0.39 is 11.5 Å². The predicted molar refractivity (Wildman–Crippen MR) is 149 cm³/mol. The Kier molecular flexibility index (Phi) is 9.91. The first-order chi connectivity index (χ1) is 17.2. The summed E-state index contributed by atoms with van der Waals surface area (Å²) in [5, 5.41) is 6.40. The summed E-state index contributed by atoms with van der Waals surface area (Å²) in [6, 6.07) is 10.8. The maximum atomic E-state index is 15.4. The second-order valence-electron chi connectivity index (χ2n) is 10.3. The Hall–Kier alpha value is -2.89. The van der Waals surface area contributed by atoms with Crippen LogP contribution in [0.4, 0.5) is 25.8 Å². The molecule has 1 aliphatic rings. The molecule has 1 aliphatic carbocycles. The number of hydrogen-bond acceptors (Lipinski definition) is 4. The highest BCUT2D eigenvalue weighted by Crippen LogP contribution is 2.37. The van der Waals surface area contributed by atoms with E-state index in [1.165, 1.54) is 25.3 Å². The molecule has 0 heterocycles. The van der Waals surface area contributed by atoms with Crippen LogP contribution in [-0.2, 0) is 0 Å². The van der Waals surface area contributed by atoms with Crippen molar-refractivity contribution in [1.82, 2.24) is 0 Å². The summed E-state index contributed by atoms with van der Waals surface area (Å²) in [4.78, 5) is 4.41. The van der Waals surface area contributed by atoms with Gasteiger partial charge in [0.15, 0.2) is 0 Å². The monoisotopic (exact) mass is 497 g/mol. The predicted octanol–water partition coefficient (Wildman–Crippen LogP) is 8.92. The zero-order valence-electron chi connectivity index (χ0n) is 22.2. The van der Waals surface area contributed by atoms with E-state index in [9.17, 15) is 4.39 Å². The van der Waals surface area contributed by atoms with E-state index in [1.54, 1.807) is 33.1 Å². The zero-order chi connectivity index (χ0) is 26.1. The molecule has 0 spiro atoms. The number of anilines is 2. The largest absolute Gasteiger partial charge is 0.490 e. The van der Waals surface area contributed by atoms with E-state index in [4.69, 9.17) is 4.74 Å². The average molecular weight is 498 g/mol. The minimum absolute atomic E-state index is 0.0868. The highest BCUT2D eigenvalue weighted by Gasteiger charge is 2.23. The van der Waals surface area contributed by atoms with Gasteiger partial charge in [-0.05, 0) is 76.6 Å². The van der Waals surface area contributed by atoms with Crippen LogP contribution in [0.25, 0.3) is 5.70 Å². The van der Waals surface area contributed by atoms with Crippen molar-refractivity contribution < 1.29 is 13.5 Å². The lowest BCUT2D eigenvalue weighted by Gasteiger charge is -2.20. The van der Waals surface area contributed by atoms with E-state index in [-0.39, 0.29) is 6.10 Å². The molecule has 4 nitrogen and oxygen atoms in total. The normalized spacial score (nSPS) is 14.6. The van der Waals surface area contributed by atoms with E-state index in [0.717, 1.165) is 36.6 Å². The van der Waals surface area contributed by atoms with Gasteiger partial charge in [0, 0.05) is 42.0 Å². The molecule has 0 amide bonds. The molecule has 0 aliphatic heterocycles. The summed E-state index contributed by atoms with van der Waals surface area (Å²) in [7, 11) is 0. The quantitative estimate of drug-likeness (QED) is 0.241. The van der Waals surface area contributed by atoms with Gasteiger partial charge in [-0.25, -0.2) is 8.78 Å². The molecular weight excluding hydrogens is 456 g/mol. The minimum atomic E-state index is -1.21. The molecule has 1 unspecified atom stereocenters. The summed E-state index contributed by atoms with van der Waals surface area (Å²) >= 11 is 0. The standard InChI is InChI=1S/C30H41F2N3O/c1-6-8-25(16-11-22-9-10-22)36-26-19-27(31)29(28(20-26)33-7-2)21(3)35-24-14-12-23(13-15-24)34-18-17-30(4,5)32/h7,12-15,19-20,22,25,34-35H,3,6,8-11,16-18H2,1-2,4-5H3. The summed E-state index contributed by atoms with van der Waals surface area (Å²) in [5.41, 5.74) is 1.67. The van der Waals surface area contributed by atoms with Gasteiger partial charge in [-0.15, -0.1) is 0 Å². The Balaban J connectivity index is 1.68. The fraction of sp³-hybridized carbons (Fsp3) is 0.500. The van der Waals surface area contributed by atoms with Crippen molar-refractivity contribution >= 4 is 29.0 Å². The number of aliphatic imine (C=N–C) groups is 1. The van der Waals surface area contributed by atoms with Gasteiger partial charge in [-0.1, -0.05) is 32.8 Å². The fourth-order valence-corrected chi connectivity index (χ4v) is 4.19. The molecule has 6 heteroatoms. The number of ether oxygens (including phenoxy) is 1. The van der Waals surface area contributed by atoms with Crippen molar-refractivity contribution in [3.05, 3.63) is 54.4 Å². The van der Waals surface area contributed by atoms with Gasteiger partial charge in [0.05, 0.1) is 17.4 Å². The molecule has 1 saturated carbocycles. The van der Waals surface area contributed by atoms with Gasteiger partial charge in [-0.3, -0.25) is 4.99 Å². The van der Waals surface area contributed by atoms with Gasteiger partial charge in [-0.2, -0.15) is 0 Å². The molecule has 0 radical (unpaired) electrons. The lowest BCUT2D eigenvalue weighted by Crippen LogP contribution is -2.17.